The highest BCUT2D eigenvalue weighted by molar-refractivity contribution is 5.72. The quantitative estimate of drug-likeness (QED) is 0.706. The Balaban J connectivity index is 2.27. The molecule has 1 fully saturated rings. The number of rotatable bonds is 3. The molecule has 1 rings (SSSR count). The number of carbonyl (C=O) groups excluding carboxylic acids is 1. The van der Waals surface area contributed by atoms with Gasteiger partial charge in [0, 0.05) is 20.5 Å². The average Bonchev–Trinajstić information content (AvgIpc) is 2.52. The van der Waals surface area contributed by atoms with Gasteiger partial charge in [-0.2, -0.15) is 0 Å². The molecule has 0 bridgehead atoms. The van der Waals surface area contributed by atoms with E-state index < -0.39 is 0 Å². The highest BCUT2D eigenvalue weighted by Crippen LogP contribution is 2.30. The zero-order chi connectivity index (χ0) is 9.84. The first-order valence-electron chi connectivity index (χ1n) is 5.05. The Bertz CT molecular complexity index is 182. The summed E-state index contributed by atoms with van der Waals surface area (Å²) in [6, 6.07) is 0. The molecule has 2 N–H and O–H groups in total. The predicted molar refractivity (Wildman–Crippen MR) is 53.2 cm³/mol. The van der Waals surface area contributed by atoms with Gasteiger partial charge in [0.15, 0.2) is 0 Å². The van der Waals surface area contributed by atoms with Crippen LogP contribution in [0.15, 0.2) is 0 Å². The summed E-state index contributed by atoms with van der Waals surface area (Å²) >= 11 is 0. The summed E-state index contributed by atoms with van der Waals surface area (Å²) in [5.74, 6) is 1.55. The SMILES string of the molecule is CC(=O)N(C)CC1CCC(CN)C1. The van der Waals surface area contributed by atoms with Gasteiger partial charge in [-0.3, -0.25) is 4.79 Å². The molecule has 1 aliphatic carbocycles. The van der Waals surface area contributed by atoms with Crippen LogP contribution >= 0.6 is 0 Å². The smallest absolute Gasteiger partial charge is 0.219 e. The number of amides is 1. The Morgan fingerprint density at radius 3 is 2.54 bits per heavy atom. The van der Waals surface area contributed by atoms with Crippen LogP contribution in [0.5, 0.6) is 0 Å². The fraction of sp³-hybridized carbons (Fsp3) is 0.900. The molecule has 0 saturated heterocycles. The van der Waals surface area contributed by atoms with E-state index in [9.17, 15) is 4.79 Å². The minimum absolute atomic E-state index is 0.163. The van der Waals surface area contributed by atoms with E-state index in [1.54, 1.807) is 6.92 Å². The summed E-state index contributed by atoms with van der Waals surface area (Å²) in [4.78, 5) is 12.8. The van der Waals surface area contributed by atoms with Gasteiger partial charge in [0.25, 0.3) is 0 Å². The Hall–Kier alpha value is -0.570. The second kappa shape index (κ2) is 4.61. The molecule has 3 nitrogen and oxygen atoms in total. The second-order valence-corrected chi connectivity index (χ2v) is 4.18. The van der Waals surface area contributed by atoms with Crippen LogP contribution < -0.4 is 5.73 Å². The fourth-order valence-electron chi connectivity index (χ4n) is 2.07. The van der Waals surface area contributed by atoms with Crippen molar-refractivity contribution in [2.24, 2.45) is 17.6 Å². The normalized spacial score (nSPS) is 27.6. The summed E-state index contributed by atoms with van der Waals surface area (Å²) in [5, 5.41) is 0. The summed E-state index contributed by atoms with van der Waals surface area (Å²) in [7, 11) is 1.87. The average molecular weight is 184 g/mol. The molecule has 3 heteroatoms. The molecule has 1 aliphatic rings. The monoisotopic (exact) mass is 184 g/mol. The van der Waals surface area contributed by atoms with Crippen LogP contribution in [-0.4, -0.2) is 30.9 Å². The predicted octanol–water partition coefficient (Wildman–Crippen LogP) is 0.840. The van der Waals surface area contributed by atoms with E-state index in [0.717, 1.165) is 13.1 Å². The first-order chi connectivity index (χ1) is 6.13. The molecule has 1 amide bonds. The van der Waals surface area contributed by atoms with Gasteiger partial charge < -0.3 is 10.6 Å². The van der Waals surface area contributed by atoms with Crippen molar-refractivity contribution >= 4 is 5.91 Å². The Morgan fingerprint density at radius 2 is 2.08 bits per heavy atom. The molecule has 0 radical (unpaired) electrons. The topological polar surface area (TPSA) is 46.3 Å². The molecule has 1 saturated carbocycles. The van der Waals surface area contributed by atoms with E-state index in [1.807, 2.05) is 11.9 Å². The first kappa shape index (κ1) is 10.5. The minimum atomic E-state index is 0.163. The molecule has 0 aromatic rings. The lowest BCUT2D eigenvalue weighted by Crippen LogP contribution is -2.29. The molecular formula is C10H20N2O. The maximum Gasteiger partial charge on any atom is 0.219 e. The van der Waals surface area contributed by atoms with Crippen molar-refractivity contribution in [1.29, 1.82) is 0 Å². The number of hydrogen-bond acceptors (Lipinski definition) is 2. The van der Waals surface area contributed by atoms with Crippen molar-refractivity contribution in [3.8, 4) is 0 Å². The van der Waals surface area contributed by atoms with Crippen molar-refractivity contribution < 1.29 is 4.79 Å². The molecular weight excluding hydrogens is 164 g/mol. The number of hydrogen-bond donors (Lipinski definition) is 1. The largest absolute Gasteiger partial charge is 0.346 e. The maximum atomic E-state index is 11.0. The van der Waals surface area contributed by atoms with Crippen molar-refractivity contribution in [2.45, 2.75) is 26.2 Å². The van der Waals surface area contributed by atoms with Crippen LogP contribution in [0.2, 0.25) is 0 Å². The molecule has 2 unspecified atom stereocenters. The van der Waals surface area contributed by atoms with Gasteiger partial charge in [-0.15, -0.1) is 0 Å². The van der Waals surface area contributed by atoms with Gasteiger partial charge in [-0.1, -0.05) is 0 Å². The van der Waals surface area contributed by atoms with Gasteiger partial charge in [0.2, 0.25) is 5.91 Å². The van der Waals surface area contributed by atoms with Gasteiger partial charge in [-0.25, -0.2) is 0 Å². The molecule has 0 aromatic heterocycles. The molecule has 13 heavy (non-hydrogen) atoms. The zero-order valence-electron chi connectivity index (χ0n) is 8.62. The highest BCUT2D eigenvalue weighted by atomic mass is 16.2. The van der Waals surface area contributed by atoms with Crippen molar-refractivity contribution in [1.82, 2.24) is 4.90 Å². The van der Waals surface area contributed by atoms with Crippen molar-refractivity contribution in [2.75, 3.05) is 20.1 Å². The van der Waals surface area contributed by atoms with Crippen LogP contribution in [0.1, 0.15) is 26.2 Å². The molecule has 2 atom stereocenters. The second-order valence-electron chi connectivity index (χ2n) is 4.18. The van der Waals surface area contributed by atoms with E-state index in [1.165, 1.54) is 19.3 Å². The third-order valence-corrected chi connectivity index (χ3v) is 3.05. The molecule has 0 spiro atoms. The first-order valence-corrected chi connectivity index (χ1v) is 5.05. The van der Waals surface area contributed by atoms with Crippen LogP contribution in [0, 0.1) is 11.8 Å². The Morgan fingerprint density at radius 1 is 1.46 bits per heavy atom. The summed E-state index contributed by atoms with van der Waals surface area (Å²) in [6.07, 6.45) is 3.68. The van der Waals surface area contributed by atoms with Gasteiger partial charge in [0.1, 0.15) is 0 Å². The fourth-order valence-corrected chi connectivity index (χ4v) is 2.07. The molecule has 0 heterocycles. The number of nitrogens with two attached hydrogens (primary N) is 1. The lowest BCUT2D eigenvalue weighted by molar-refractivity contribution is -0.128. The summed E-state index contributed by atoms with van der Waals surface area (Å²) < 4.78 is 0. The van der Waals surface area contributed by atoms with Crippen molar-refractivity contribution in [3.05, 3.63) is 0 Å². The lowest BCUT2D eigenvalue weighted by atomic mass is 10.0. The maximum absolute atomic E-state index is 11.0. The van der Waals surface area contributed by atoms with Crippen LogP contribution in [0.4, 0.5) is 0 Å². The van der Waals surface area contributed by atoms with E-state index in [4.69, 9.17) is 5.73 Å². The van der Waals surface area contributed by atoms with Crippen LogP contribution in [-0.2, 0) is 4.79 Å². The standard InChI is InChI=1S/C10H20N2O/c1-8(13)12(2)7-10-4-3-9(5-10)6-11/h9-10H,3-7,11H2,1-2H3. The van der Waals surface area contributed by atoms with E-state index in [2.05, 4.69) is 0 Å². The Kier molecular flexibility index (Phi) is 3.72. The van der Waals surface area contributed by atoms with Crippen LogP contribution in [0.3, 0.4) is 0 Å². The number of carbonyl (C=O) groups is 1. The highest BCUT2D eigenvalue weighted by Gasteiger charge is 2.24. The van der Waals surface area contributed by atoms with Crippen LogP contribution in [0.25, 0.3) is 0 Å². The van der Waals surface area contributed by atoms with Crippen molar-refractivity contribution in [3.63, 3.8) is 0 Å². The Labute approximate surface area is 80.3 Å². The van der Waals surface area contributed by atoms with Gasteiger partial charge >= 0.3 is 0 Å². The lowest BCUT2D eigenvalue weighted by Gasteiger charge is -2.19. The molecule has 76 valence electrons. The third kappa shape index (κ3) is 2.99. The molecule has 0 aliphatic heterocycles. The number of nitrogens with zero attached hydrogens (tertiary/aromatic N) is 1. The van der Waals surface area contributed by atoms with Gasteiger partial charge in [-0.05, 0) is 37.6 Å². The van der Waals surface area contributed by atoms with E-state index >= 15 is 0 Å². The third-order valence-electron chi connectivity index (χ3n) is 3.05. The zero-order valence-corrected chi connectivity index (χ0v) is 8.62. The summed E-state index contributed by atoms with van der Waals surface area (Å²) in [5.41, 5.74) is 5.61. The van der Waals surface area contributed by atoms with E-state index in [0.29, 0.717) is 11.8 Å². The molecule has 0 aromatic carbocycles. The van der Waals surface area contributed by atoms with Gasteiger partial charge in [0.05, 0.1) is 0 Å². The van der Waals surface area contributed by atoms with E-state index in [-0.39, 0.29) is 5.91 Å². The summed E-state index contributed by atoms with van der Waals surface area (Å²) in [6.45, 7) is 3.33. The minimum Gasteiger partial charge on any atom is -0.346 e.